The predicted molar refractivity (Wildman–Crippen MR) is 99.1 cm³/mol. The maximum absolute atomic E-state index is 12.9. The molecule has 0 aliphatic carbocycles. The summed E-state index contributed by atoms with van der Waals surface area (Å²) in [6, 6.07) is 13.5. The van der Waals surface area contributed by atoms with Gasteiger partial charge in [-0.05, 0) is 17.7 Å². The second-order valence-corrected chi connectivity index (χ2v) is 6.51. The van der Waals surface area contributed by atoms with E-state index in [1.807, 2.05) is 42.5 Å². The summed E-state index contributed by atoms with van der Waals surface area (Å²) in [6.45, 7) is 1.35. The Kier molecular flexibility index (Phi) is 4.74. The Morgan fingerprint density at radius 3 is 2.81 bits per heavy atom. The van der Waals surface area contributed by atoms with Gasteiger partial charge >= 0.3 is 6.09 Å². The summed E-state index contributed by atoms with van der Waals surface area (Å²) in [6.07, 6.45) is 3.50. The van der Waals surface area contributed by atoms with Gasteiger partial charge in [0, 0.05) is 19.2 Å². The SMILES string of the molecule is O=C(OCc1ccc[nH]1)N1CCc2ncn(Cc3ccccc3)c(=O)c2C1. The highest BCUT2D eigenvalue weighted by molar-refractivity contribution is 5.68. The van der Waals surface area contributed by atoms with Crippen molar-refractivity contribution in [3.8, 4) is 0 Å². The molecule has 0 unspecified atom stereocenters. The van der Waals surface area contributed by atoms with E-state index < -0.39 is 6.09 Å². The van der Waals surface area contributed by atoms with Gasteiger partial charge in [-0.3, -0.25) is 9.36 Å². The molecule has 1 N–H and O–H groups in total. The largest absolute Gasteiger partial charge is 0.443 e. The van der Waals surface area contributed by atoms with Gasteiger partial charge in [0.2, 0.25) is 0 Å². The van der Waals surface area contributed by atoms with Gasteiger partial charge in [-0.1, -0.05) is 30.3 Å². The summed E-state index contributed by atoms with van der Waals surface area (Å²) in [5.41, 5.74) is 3.08. The minimum Gasteiger partial charge on any atom is -0.443 e. The molecule has 138 valence electrons. The molecule has 0 atom stereocenters. The number of rotatable bonds is 4. The van der Waals surface area contributed by atoms with Crippen molar-refractivity contribution in [3.63, 3.8) is 0 Å². The standard InChI is InChI=1S/C20H20N4O3/c25-19-17-12-23(20(26)27-13-16-7-4-9-21-16)10-8-18(17)22-14-24(19)11-15-5-2-1-3-6-15/h1-7,9,14,21H,8,10-13H2. The molecule has 3 aromatic rings. The molecule has 1 aliphatic rings. The minimum absolute atomic E-state index is 0.106. The number of carbonyl (C=O) groups excluding carboxylic acids is 1. The van der Waals surface area contributed by atoms with Crippen LogP contribution in [0.25, 0.3) is 0 Å². The number of aromatic nitrogens is 3. The van der Waals surface area contributed by atoms with Crippen molar-refractivity contribution in [2.45, 2.75) is 26.1 Å². The fraction of sp³-hybridized carbons (Fsp3) is 0.250. The van der Waals surface area contributed by atoms with Gasteiger partial charge in [0.1, 0.15) is 6.61 Å². The van der Waals surface area contributed by atoms with Crippen LogP contribution in [0.1, 0.15) is 22.5 Å². The molecule has 0 bridgehead atoms. The van der Waals surface area contributed by atoms with Crippen molar-refractivity contribution < 1.29 is 9.53 Å². The number of benzene rings is 1. The summed E-state index contributed by atoms with van der Waals surface area (Å²) in [4.78, 5) is 34.2. The van der Waals surface area contributed by atoms with E-state index in [1.165, 1.54) is 0 Å². The lowest BCUT2D eigenvalue weighted by Crippen LogP contribution is -2.41. The molecule has 0 saturated heterocycles. The summed E-state index contributed by atoms with van der Waals surface area (Å²) in [5.74, 6) is 0. The van der Waals surface area contributed by atoms with Crippen LogP contribution < -0.4 is 5.56 Å². The van der Waals surface area contributed by atoms with Gasteiger partial charge in [-0.25, -0.2) is 9.78 Å². The average Bonchev–Trinajstić information content (AvgIpc) is 3.22. The highest BCUT2D eigenvalue weighted by Gasteiger charge is 2.25. The zero-order valence-electron chi connectivity index (χ0n) is 14.8. The normalized spacial score (nSPS) is 13.3. The van der Waals surface area contributed by atoms with Crippen LogP contribution in [0, 0.1) is 0 Å². The van der Waals surface area contributed by atoms with Crippen molar-refractivity contribution in [2.24, 2.45) is 0 Å². The Morgan fingerprint density at radius 1 is 1.19 bits per heavy atom. The number of H-pyrrole nitrogens is 1. The molecule has 4 rings (SSSR count). The highest BCUT2D eigenvalue weighted by atomic mass is 16.6. The van der Waals surface area contributed by atoms with Crippen LogP contribution in [0.15, 0.2) is 59.8 Å². The molecule has 3 heterocycles. The van der Waals surface area contributed by atoms with Gasteiger partial charge < -0.3 is 14.6 Å². The Hall–Kier alpha value is -3.35. The predicted octanol–water partition coefficient (Wildman–Crippen LogP) is 2.31. The van der Waals surface area contributed by atoms with E-state index in [0.29, 0.717) is 25.1 Å². The molecule has 0 spiro atoms. The van der Waals surface area contributed by atoms with Gasteiger partial charge in [-0.2, -0.15) is 0 Å². The topological polar surface area (TPSA) is 80.2 Å². The molecule has 0 saturated carbocycles. The number of carbonyl (C=O) groups is 1. The third kappa shape index (κ3) is 3.76. The first-order chi connectivity index (χ1) is 13.2. The summed E-state index contributed by atoms with van der Waals surface area (Å²) < 4.78 is 6.92. The fourth-order valence-electron chi connectivity index (χ4n) is 3.19. The molecule has 7 nitrogen and oxygen atoms in total. The molecular formula is C20H20N4O3. The zero-order valence-corrected chi connectivity index (χ0v) is 14.8. The van der Waals surface area contributed by atoms with E-state index in [-0.39, 0.29) is 18.7 Å². The van der Waals surface area contributed by atoms with Crippen molar-refractivity contribution in [2.75, 3.05) is 6.54 Å². The van der Waals surface area contributed by atoms with Gasteiger partial charge in [0.15, 0.2) is 0 Å². The van der Waals surface area contributed by atoms with Gasteiger partial charge in [-0.15, -0.1) is 0 Å². The van der Waals surface area contributed by atoms with E-state index in [9.17, 15) is 9.59 Å². The van der Waals surface area contributed by atoms with Crippen LogP contribution in [-0.2, 0) is 30.9 Å². The van der Waals surface area contributed by atoms with Gasteiger partial charge in [0.25, 0.3) is 5.56 Å². The van der Waals surface area contributed by atoms with E-state index in [2.05, 4.69) is 9.97 Å². The van der Waals surface area contributed by atoms with Crippen molar-refractivity contribution in [3.05, 3.63) is 87.9 Å². The molecule has 0 radical (unpaired) electrons. The minimum atomic E-state index is -0.423. The molecule has 1 aromatic carbocycles. The number of nitrogens with zero attached hydrogens (tertiary/aromatic N) is 3. The van der Waals surface area contributed by atoms with Crippen LogP contribution in [0.5, 0.6) is 0 Å². The first kappa shape index (κ1) is 17.1. The zero-order chi connectivity index (χ0) is 18.6. The quantitative estimate of drug-likeness (QED) is 0.770. The maximum atomic E-state index is 12.9. The number of fused-ring (bicyclic) bond motifs is 1. The van der Waals surface area contributed by atoms with E-state index in [1.54, 1.807) is 22.0 Å². The number of hydrogen-bond donors (Lipinski definition) is 1. The van der Waals surface area contributed by atoms with E-state index in [0.717, 1.165) is 17.0 Å². The third-order valence-corrected chi connectivity index (χ3v) is 4.66. The van der Waals surface area contributed by atoms with Crippen molar-refractivity contribution in [1.82, 2.24) is 19.4 Å². The first-order valence-electron chi connectivity index (χ1n) is 8.86. The summed E-state index contributed by atoms with van der Waals surface area (Å²) >= 11 is 0. The third-order valence-electron chi connectivity index (χ3n) is 4.66. The second kappa shape index (κ2) is 7.49. The molecule has 7 heteroatoms. The van der Waals surface area contributed by atoms with Crippen LogP contribution in [0.4, 0.5) is 4.79 Å². The number of nitrogens with one attached hydrogen (secondary N) is 1. The molecular weight excluding hydrogens is 344 g/mol. The monoisotopic (exact) mass is 364 g/mol. The molecule has 2 aromatic heterocycles. The second-order valence-electron chi connectivity index (χ2n) is 6.51. The van der Waals surface area contributed by atoms with Crippen LogP contribution in [0.2, 0.25) is 0 Å². The van der Waals surface area contributed by atoms with E-state index in [4.69, 9.17) is 4.74 Å². The van der Waals surface area contributed by atoms with Crippen molar-refractivity contribution >= 4 is 6.09 Å². The Balaban J connectivity index is 1.48. The Labute approximate surface area is 156 Å². The van der Waals surface area contributed by atoms with Crippen LogP contribution >= 0.6 is 0 Å². The van der Waals surface area contributed by atoms with Crippen LogP contribution in [-0.4, -0.2) is 32.1 Å². The molecule has 1 amide bonds. The lowest BCUT2D eigenvalue weighted by atomic mass is 10.1. The van der Waals surface area contributed by atoms with Crippen molar-refractivity contribution in [1.29, 1.82) is 0 Å². The average molecular weight is 364 g/mol. The first-order valence-corrected chi connectivity index (χ1v) is 8.86. The molecule has 27 heavy (non-hydrogen) atoms. The summed E-state index contributed by atoms with van der Waals surface area (Å²) in [7, 11) is 0. The highest BCUT2D eigenvalue weighted by Crippen LogP contribution is 2.15. The van der Waals surface area contributed by atoms with E-state index >= 15 is 0 Å². The summed E-state index contributed by atoms with van der Waals surface area (Å²) in [5, 5.41) is 0. The molecule has 0 fully saturated rings. The molecule has 1 aliphatic heterocycles. The number of amides is 1. The lowest BCUT2D eigenvalue weighted by Gasteiger charge is -2.27. The maximum Gasteiger partial charge on any atom is 0.410 e. The number of ether oxygens (including phenoxy) is 1. The Bertz CT molecular complexity index is 980. The fourth-order valence-corrected chi connectivity index (χ4v) is 3.19. The number of aromatic amines is 1. The Morgan fingerprint density at radius 2 is 2.04 bits per heavy atom. The van der Waals surface area contributed by atoms with Crippen LogP contribution in [0.3, 0.4) is 0 Å². The lowest BCUT2D eigenvalue weighted by molar-refractivity contribution is 0.0904. The smallest absolute Gasteiger partial charge is 0.410 e. The number of hydrogen-bond acceptors (Lipinski definition) is 4. The van der Waals surface area contributed by atoms with Gasteiger partial charge in [0.05, 0.1) is 36.4 Å².